The van der Waals surface area contributed by atoms with E-state index >= 15 is 0 Å². The molecule has 130 valence electrons. The van der Waals surface area contributed by atoms with E-state index in [9.17, 15) is 13.2 Å². The zero-order valence-electron chi connectivity index (χ0n) is 12.7. The molecule has 11 heteroatoms. The quantitative estimate of drug-likeness (QED) is 0.668. The number of nitrogens with zero attached hydrogens (tertiary/aromatic N) is 3. The van der Waals surface area contributed by atoms with Gasteiger partial charge in [0.2, 0.25) is 0 Å². The minimum Gasteiger partial charge on any atom is -0.490 e. The molecule has 0 aliphatic carbocycles. The number of hydrogen-bond donors (Lipinski definition) is 1. The summed E-state index contributed by atoms with van der Waals surface area (Å²) in [5, 5.41) is 7.65. The maximum atomic E-state index is 12.4. The molecular weight excluding hydrogens is 360 g/mol. The maximum Gasteiger partial charge on any atom is 0.267 e. The first-order valence-corrected chi connectivity index (χ1v) is 8.59. The van der Waals surface area contributed by atoms with Crippen molar-refractivity contribution >= 4 is 27.5 Å². The Morgan fingerprint density at radius 1 is 1.29 bits per heavy atom. The Morgan fingerprint density at radius 3 is 2.67 bits per heavy atom. The highest BCUT2D eigenvalue weighted by Gasteiger charge is 2.23. The highest BCUT2D eigenvalue weighted by molar-refractivity contribution is 7.90. The number of hydrogen-bond acceptors (Lipinski definition) is 7. The van der Waals surface area contributed by atoms with Crippen LogP contribution >= 0.6 is 11.6 Å². The Morgan fingerprint density at radius 2 is 2.00 bits per heavy atom. The monoisotopic (exact) mass is 374 g/mol. The summed E-state index contributed by atoms with van der Waals surface area (Å²) in [4.78, 5) is 12.7. The number of halogens is 1. The number of carbonyl (C=O) groups is 1. The highest BCUT2D eigenvalue weighted by atomic mass is 35.5. The molecule has 2 rings (SSSR count). The molecule has 0 unspecified atom stereocenters. The first-order chi connectivity index (χ1) is 11.4. The van der Waals surface area contributed by atoms with Gasteiger partial charge in [-0.05, 0) is 18.2 Å². The van der Waals surface area contributed by atoms with E-state index in [2.05, 4.69) is 10.2 Å². The third-order valence-corrected chi connectivity index (χ3v) is 4.37. The molecule has 0 bridgehead atoms. The lowest BCUT2D eigenvalue weighted by Gasteiger charge is -2.13. The summed E-state index contributed by atoms with van der Waals surface area (Å²) in [5.74, 6) is -0.733. The fraction of sp³-hybridized carbons (Fsp3) is 0.308. The number of rotatable bonds is 8. The molecule has 0 atom stereocenters. The van der Waals surface area contributed by atoms with Crippen molar-refractivity contribution in [2.45, 2.75) is 11.4 Å². The van der Waals surface area contributed by atoms with Gasteiger partial charge in [-0.3, -0.25) is 4.79 Å². The number of nitrogens with one attached hydrogen (secondary N) is 1. The molecule has 9 nitrogen and oxygen atoms in total. The van der Waals surface area contributed by atoms with E-state index in [4.69, 9.17) is 21.1 Å². The van der Waals surface area contributed by atoms with E-state index in [0.29, 0.717) is 0 Å². The molecule has 1 heterocycles. The average Bonchev–Trinajstić information content (AvgIpc) is 3.01. The van der Waals surface area contributed by atoms with Crippen LogP contribution in [0.25, 0.3) is 0 Å². The van der Waals surface area contributed by atoms with Crippen LogP contribution in [0.5, 0.6) is 5.75 Å². The Bertz CT molecular complexity index is 795. The van der Waals surface area contributed by atoms with Gasteiger partial charge in [0, 0.05) is 12.1 Å². The standard InChI is InChI=1S/C13H15ClN4O5S/c1-22-6-7-23-11-3-2-10(14)8-12(11)24(20,21)17-13(19)9-18-15-4-5-16-18/h2-5,8H,6-7,9H2,1H3,(H,17,19). The van der Waals surface area contributed by atoms with Gasteiger partial charge in [-0.25, -0.2) is 13.1 Å². The SMILES string of the molecule is COCCOc1ccc(Cl)cc1S(=O)(=O)NC(=O)Cn1nccn1. The number of carbonyl (C=O) groups excluding carboxylic acids is 1. The first kappa shape index (κ1) is 18.2. The molecule has 0 aliphatic rings. The number of methoxy groups -OCH3 is 1. The second-order valence-electron chi connectivity index (χ2n) is 4.52. The van der Waals surface area contributed by atoms with Gasteiger partial charge in [-0.2, -0.15) is 15.0 Å². The van der Waals surface area contributed by atoms with E-state index in [-0.39, 0.29) is 35.4 Å². The van der Waals surface area contributed by atoms with E-state index in [1.54, 1.807) is 0 Å². The van der Waals surface area contributed by atoms with Crippen LogP contribution in [-0.2, 0) is 26.1 Å². The van der Waals surface area contributed by atoms with Crippen LogP contribution in [-0.4, -0.2) is 49.6 Å². The van der Waals surface area contributed by atoms with Gasteiger partial charge in [-0.1, -0.05) is 11.6 Å². The zero-order valence-corrected chi connectivity index (χ0v) is 14.2. The van der Waals surface area contributed by atoms with Crippen molar-refractivity contribution in [3.8, 4) is 5.75 Å². The molecule has 0 saturated carbocycles. The number of benzene rings is 1. The molecule has 0 saturated heterocycles. The largest absolute Gasteiger partial charge is 0.490 e. The van der Waals surface area contributed by atoms with Gasteiger partial charge >= 0.3 is 0 Å². The molecule has 0 spiro atoms. The van der Waals surface area contributed by atoms with Crippen LogP contribution in [0, 0.1) is 0 Å². The Hall–Kier alpha value is -2.17. The second kappa shape index (κ2) is 8.08. The van der Waals surface area contributed by atoms with Gasteiger partial charge in [0.05, 0.1) is 19.0 Å². The van der Waals surface area contributed by atoms with Crippen LogP contribution in [0.4, 0.5) is 0 Å². The van der Waals surface area contributed by atoms with E-state index in [1.807, 2.05) is 4.72 Å². The summed E-state index contributed by atoms with van der Waals surface area (Å²) in [6.07, 6.45) is 2.75. The summed E-state index contributed by atoms with van der Waals surface area (Å²) < 4.78 is 37.0. The molecule has 24 heavy (non-hydrogen) atoms. The van der Waals surface area contributed by atoms with Crippen LogP contribution in [0.2, 0.25) is 5.02 Å². The summed E-state index contributed by atoms with van der Waals surface area (Å²) in [5.41, 5.74) is 0. The van der Waals surface area contributed by atoms with Crippen molar-refractivity contribution in [3.05, 3.63) is 35.6 Å². The van der Waals surface area contributed by atoms with Crippen molar-refractivity contribution < 1.29 is 22.7 Å². The fourth-order valence-electron chi connectivity index (χ4n) is 1.74. The average molecular weight is 375 g/mol. The molecule has 1 N–H and O–H groups in total. The van der Waals surface area contributed by atoms with Gasteiger partial charge in [0.25, 0.3) is 15.9 Å². The summed E-state index contributed by atoms with van der Waals surface area (Å²) >= 11 is 5.85. The van der Waals surface area contributed by atoms with Crippen LogP contribution < -0.4 is 9.46 Å². The molecule has 2 aromatic rings. The number of sulfonamides is 1. The third-order valence-electron chi connectivity index (χ3n) is 2.74. The lowest BCUT2D eigenvalue weighted by Crippen LogP contribution is -2.34. The predicted octanol–water partition coefficient (Wildman–Crippen LogP) is 0.462. The molecule has 1 aromatic heterocycles. The molecule has 1 aromatic carbocycles. The summed E-state index contributed by atoms with van der Waals surface area (Å²) in [7, 11) is -2.68. The Balaban J connectivity index is 2.17. The van der Waals surface area contributed by atoms with Gasteiger partial charge < -0.3 is 9.47 Å². The van der Waals surface area contributed by atoms with Crippen LogP contribution in [0.3, 0.4) is 0 Å². The van der Waals surface area contributed by atoms with Crippen molar-refractivity contribution in [1.82, 2.24) is 19.7 Å². The number of ether oxygens (including phenoxy) is 2. The maximum absolute atomic E-state index is 12.4. The molecule has 0 fully saturated rings. The smallest absolute Gasteiger partial charge is 0.267 e. The second-order valence-corrected chi connectivity index (χ2v) is 6.61. The molecule has 0 radical (unpaired) electrons. The Labute approximate surface area is 143 Å². The van der Waals surface area contributed by atoms with E-state index in [1.165, 1.54) is 37.7 Å². The summed E-state index contributed by atoms with van der Waals surface area (Å²) in [6.45, 7) is 0.0813. The molecule has 0 aliphatic heterocycles. The molecule has 1 amide bonds. The van der Waals surface area contributed by atoms with Gasteiger partial charge in [0.1, 0.15) is 23.8 Å². The van der Waals surface area contributed by atoms with E-state index in [0.717, 1.165) is 4.80 Å². The minimum atomic E-state index is -4.17. The predicted molar refractivity (Wildman–Crippen MR) is 84.2 cm³/mol. The fourth-order valence-corrected chi connectivity index (χ4v) is 3.12. The minimum absolute atomic E-state index is 0.0639. The van der Waals surface area contributed by atoms with Crippen molar-refractivity contribution in [2.24, 2.45) is 0 Å². The lowest BCUT2D eigenvalue weighted by atomic mass is 10.3. The zero-order chi connectivity index (χ0) is 17.6. The highest BCUT2D eigenvalue weighted by Crippen LogP contribution is 2.27. The van der Waals surface area contributed by atoms with Crippen molar-refractivity contribution in [3.63, 3.8) is 0 Å². The van der Waals surface area contributed by atoms with Crippen molar-refractivity contribution in [2.75, 3.05) is 20.3 Å². The van der Waals surface area contributed by atoms with Crippen molar-refractivity contribution in [1.29, 1.82) is 0 Å². The number of amides is 1. The summed E-state index contributed by atoms with van der Waals surface area (Å²) in [6, 6.07) is 4.09. The van der Waals surface area contributed by atoms with Gasteiger partial charge in [-0.15, -0.1) is 0 Å². The number of aromatic nitrogens is 3. The normalized spacial score (nSPS) is 11.2. The van der Waals surface area contributed by atoms with Crippen LogP contribution in [0.15, 0.2) is 35.5 Å². The van der Waals surface area contributed by atoms with Crippen LogP contribution in [0.1, 0.15) is 0 Å². The third kappa shape index (κ3) is 4.91. The first-order valence-electron chi connectivity index (χ1n) is 6.73. The van der Waals surface area contributed by atoms with E-state index < -0.39 is 15.9 Å². The molecular formula is C13H15ClN4O5S. The topological polar surface area (TPSA) is 112 Å². The lowest BCUT2D eigenvalue weighted by molar-refractivity contribution is -0.120. The van der Waals surface area contributed by atoms with Gasteiger partial charge in [0.15, 0.2) is 0 Å². The Kier molecular flexibility index (Phi) is 6.12.